The molecule has 0 saturated heterocycles. The number of thioether (sulfide) groups is 2. The molecular formula is C25H26N4S2. The first-order chi connectivity index (χ1) is 15.1. The molecule has 4 nitrogen and oxygen atoms in total. The third-order valence-electron chi connectivity index (χ3n) is 5.72. The van der Waals surface area contributed by atoms with E-state index in [2.05, 4.69) is 84.9 Å². The van der Waals surface area contributed by atoms with E-state index >= 15 is 0 Å². The largest absolute Gasteiger partial charge is 0.248 e. The molecule has 0 N–H and O–H groups in total. The highest BCUT2D eigenvalue weighted by Gasteiger charge is 2.36. The highest BCUT2D eigenvalue weighted by Crippen LogP contribution is 2.45. The zero-order valence-electron chi connectivity index (χ0n) is 18.1. The van der Waals surface area contributed by atoms with Crippen LogP contribution in [0.1, 0.15) is 43.9 Å². The fourth-order valence-corrected chi connectivity index (χ4v) is 6.10. The van der Waals surface area contributed by atoms with Gasteiger partial charge in [0, 0.05) is 22.6 Å². The third-order valence-corrected chi connectivity index (χ3v) is 7.86. The summed E-state index contributed by atoms with van der Waals surface area (Å²) in [7, 11) is 0. The van der Waals surface area contributed by atoms with Gasteiger partial charge in [-0.3, -0.25) is 0 Å². The number of hydrogen-bond donors (Lipinski definition) is 0. The lowest BCUT2D eigenvalue weighted by atomic mass is 9.72. The Balaban J connectivity index is 1.70. The van der Waals surface area contributed by atoms with Crippen molar-refractivity contribution >= 4 is 29.2 Å². The summed E-state index contributed by atoms with van der Waals surface area (Å²) in [4.78, 5) is 5.27. The Kier molecular flexibility index (Phi) is 5.52. The van der Waals surface area contributed by atoms with Crippen molar-refractivity contribution in [2.24, 2.45) is 0 Å². The van der Waals surface area contributed by atoms with Crippen LogP contribution in [0.4, 0.5) is 0 Å². The normalized spacial score (nSPS) is 14.4. The van der Waals surface area contributed by atoms with Gasteiger partial charge in [-0.2, -0.15) is 0 Å². The standard InChI is InChI=1S/C25H26N4S2/c1-4-14-30-24-28-27-22-20-21(19-13-9-8-12-18(19)15-25(20,2)3)26-23(29(22)24)31-16-17-10-6-5-7-11-17/h5-13H,4,14-16H2,1-3H3. The molecule has 0 saturated carbocycles. The van der Waals surface area contributed by atoms with Crippen LogP contribution in [0.5, 0.6) is 0 Å². The highest BCUT2D eigenvalue weighted by atomic mass is 32.2. The molecule has 2 aromatic heterocycles. The van der Waals surface area contributed by atoms with Crippen LogP contribution in [0, 0.1) is 0 Å². The molecular weight excluding hydrogens is 420 g/mol. The van der Waals surface area contributed by atoms with Crippen molar-refractivity contribution in [3.8, 4) is 11.3 Å². The number of hydrogen-bond acceptors (Lipinski definition) is 5. The molecule has 0 amide bonds. The van der Waals surface area contributed by atoms with E-state index in [0.29, 0.717) is 0 Å². The van der Waals surface area contributed by atoms with E-state index in [4.69, 9.17) is 10.1 Å². The summed E-state index contributed by atoms with van der Waals surface area (Å²) in [6, 6.07) is 19.2. The van der Waals surface area contributed by atoms with E-state index in [0.717, 1.165) is 46.0 Å². The molecule has 158 valence electrons. The van der Waals surface area contributed by atoms with Gasteiger partial charge in [-0.05, 0) is 29.4 Å². The van der Waals surface area contributed by atoms with Gasteiger partial charge < -0.3 is 0 Å². The van der Waals surface area contributed by atoms with Crippen molar-refractivity contribution in [1.29, 1.82) is 0 Å². The molecule has 5 rings (SSSR count). The Morgan fingerprint density at radius 2 is 1.71 bits per heavy atom. The lowest BCUT2D eigenvalue weighted by molar-refractivity contribution is 0.512. The zero-order valence-corrected chi connectivity index (χ0v) is 19.8. The maximum atomic E-state index is 5.27. The van der Waals surface area contributed by atoms with E-state index in [-0.39, 0.29) is 5.41 Å². The van der Waals surface area contributed by atoms with Gasteiger partial charge in [0.2, 0.25) is 0 Å². The van der Waals surface area contributed by atoms with E-state index in [9.17, 15) is 0 Å². The lowest BCUT2D eigenvalue weighted by Gasteiger charge is -2.33. The highest BCUT2D eigenvalue weighted by molar-refractivity contribution is 7.99. The minimum absolute atomic E-state index is 0.0553. The van der Waals surface area contributed by atoms with Crippen LogP contribution in [-0.2, 0) is 17.6 Å². The van der Waals surface area contributed by atoms with Crippen LogP contribution in [0.15, 0.2) is 64.9 Å². The molecule has 0 aliphatic heterocycles. The van der Waals surface area contributed by atoms with Gasteiger partial charge in [0.15, 0.2) is 16.0 Å². The maximum Gasteiger partial charge on any atom is 0.197 e. The minimum atomic E-state index is -0.0553. The molecule has 2 heterocycles. The first-order valence-electron chi connectivity index (χ1n) is 10.8. The molecule has 31 heavy (non-hydrogen) atoms. The van der Waals surface area contributed by atoms with Crippen molar-refractivity contribution in [3.63, 3.8) is 0 Å². The number of fused-ring (bicyclic) bond motifs is 5. The first-order valence-corrected chi connectivity index (χ1v) is 12.7. The third kappa shape index (κ3) is 3.76. The molecule has 0 bridgehead atoms. The SMILES string of the molecule is CCCSc1nnc2c3c(nc(SCc4ccccc4)n12)-c1ccccc1CC3(C)C. The average molecular weight is 447 g/mol. The van der Waals surface area contributed by atoms with Gasteiger partial charge in [0.25, 0.3) is 0 Å². The smallest absolute Gasteiger partial charge is 0.197 e. The monoisotopic (exact) mass is 446 g/mol. The van der Waals surface area contributed by atoms with E-state index in [1.165, 1.54) is 22.3 Å². The molecule has 0 atom stereocenters. The van der Waals surface area contributed by atoms with Crippen molar-refractivity contribution in [3.05, 3.63) is 71.3 Å². The van der Waals surface area contributed by atoms with Crippen LogP contribution in [0.2, 0.25) is 0 Å². The summed E-state index contributed by atoms with van der Waals surface area (Å²) in [5.41, 5.74) is 7.05. The molecule has 6 heteroatoms. The van der Waals surface area contributed by atoms with E-state index in [1.54, 1.807) is 23.5 Å². The Labute approximate surface area is 191 Å². The Bertz CT molecular complexity index is 1230. The first kappa shape index (κ1) is 20.6. The molecule has 0 spiro atoms. The lowest BCUT2D eigenvalue weighted by Crippen LogP contribution is -2.28. The summed E-state index contributed by atoms with van der Waals surface area (Å²) >= 11 is 3.53. The number of benzene rings is 2. The molecule has 1 aliphatic carbocycles. The minimum Gasteiger partial charge on any atom is -0.248 e. The van der Waals surface area contributed by atoms with Crippen molar-refractivity contribution in [1.82, 2.24) is 19.6 Å². The molecule has 2 aromatic carbocycles. The fourth-order valence-electron chi connectivity index (χ4n) is 4.31. The second kappa shape index (κ2) is 8.32. The molecule has 0 unspecified atom stereocenters. The van der Waals surface area contributed by atoms with Crippen molar-refractivity contribution in [2.75, 3.05) is 5.75 Å². The summed E-state index contributed by atoms with van der Waals surface area (Å²) in [6.07, 6.45) is 2.08. The number of rotatable bonds is 6. The Morgan fingerprint density at radius 1 is 0.935 bits per heavy atom. The van der Waals surface area contributed by atoms with Crippen LogP contribution < -0.4 is 0 Å². The topological polar surface area (TPSA) is 43.1 Å². The second-order valence-corrected chi connectivity index (χ2v) is 10.6. The van der Waals surface area contributed by atoms with Gasteiger partial charge >= 0.3 is 0 Å². The van der Waals surface area contributed by atoms with E-state index in [1.807, 2.05) is 0 Å². The predicted molar refractivity (Wildman–Crippen MR) is 130 cm³/mol. The summed E-state index contributed by atoms with van der Waals surface area (Å²) in [6.45, 7) is 6.79. The Hall–Kier alpha value is -2.31. The molecule has 0 radical (unpaired) electrons. The van der Waals surface area contributed by atoms with Gasteiger partial charge in [0.05, 0.1) is 5.69 Å². The fraction of sp³-hybridized carbons (Fsp3) is 0.320. The van der Waals surface area contributed by atoms with Crippen LogP contribution in [-0.4, -0.2) is 25.3 Å². The predicted octanol–water partition coefficient (Wildman–Crippen LogP) is 6.42. The molecule has 0 fully saturated rings. The Morgan fingerprint density at radius 3 is 2.52 bits per heavy atom. The van der Waals surface area contributed by atoms with Gasteiger partial charge in [0.1, 0.15) is 0 Å². The molecule has 1 aliphatic rings. The van der Waals surface area contributed by atoms with Crippen molar-refractivity contribution < 1.29 is 0 Å². The number of nitrogens with zero attached hydrogens (tertiary/aromatic N) is 4. The quantitative estimate of drug-likeness (QED) is 0.253. The molecule has 4 aromatic rings. The second-order valence-electron chi connectivity index (χ2n) is 8.60. The van der Waals surface area contributed by atoms with Crippen LogP contribution in [0.25, 0.3) is 16.9 Å². The summed E-state index contributed by atoms with van der Waals surface area (Å²) < 4.78 is 2.20. The number of aromatic nitrogens is 4. The average Bonchev–Trinajstić information content (AvgIpc) is 3.20. The van der Waals surface area contributed by atoms with Crippen molar-refractivity contribution in [2.45, 2.75) is 55.1 Å². The van der Waals surface area contributed by atoms with Gasteiger partial charge in [-0.25, -0.2) is 9.38 Å². The summed E-state index contributed by atoms with van der Waals surface area (Å²) in [5.74, 6) is 1.88. The van der Waals surface area contributed by atoms with Crippen LogP contribution in [0.3, 0.4) is 0 Å². The van der Waals surface area contributed by atoms with Crippen LogP contribution >= 0.6 is 23.5 Å². The van der Waals surface area contributed by atoms with E-state index < -0.39 is 0 Å². The summed E-state index contributed by atoms with van der Waals surface area (Å²) in [5, 5.41) is 11.2. The zero-order chi connectivity index (χ0) is 21.4. The maximum absolute atomic E-state index is 5.27. The van der Waals surface area contributed by atoms with Gasteiger partial charge in [-0.1, -0.05) is 98.9 Å². The van der Waals surface area contributed by atoms with Gasteiger partial charge in [-0.15, -0.1) is 10.2 Å².